The van der Waals surface area contributed by atoms with Crippen molar-refractivity contribution in [2.24, 2.45) is 0 Å². The van der Waals surface area contributed by atoms with E-state index in [4.69, 9.17) is 11.6 Å². The van der Waals surface area contributed by atoms with Gasteiger partial charge in [-0.25, -0.2) is 4.39 Å². The van der Waals surface area contributed by atoms with Crippen LogP contribution in [0.3, 0.4) is 0 Å². The summed E-state index contributed by atoms with van der Waals surface area (Å²) in [6.07, 6.45) is 0. The Morgan fingerprint density at radius 3 is 2.68 bits per heavy atom. The fourth-order valence-corrected chi connectivity index (χ4v) is 2.94. The number of halogens is 2. The lowest BCUT2D eigenvalue weighted by Gasteiger charge is -2.12. The molecule has 25 heavy (non-hydrogen) atoms. The van der Waals surface area contributed by atoms with Crippen molar-refractivity contribution in [2.75, 3.05) is 5.32 Å². The Morgan fingerprint density at radius 1 is 1.24 bits per heavy atom. The van der Waals surface area contributed by atoms with Gasteiger partial charge >= 0.3 is 0 Å². The molecule has 1 N–H and O–H groups in total. The molecule has 0 aliphatic rings. The molecule has 3 aromatic rings. The number of benzene rings is 2. The summed E-state index contributed by atoms with van der Waals surface area (Å²) in [4.78, 5) is 12.3. The third-order valence-electron chi connectivity index (χ3n) is 3.30. The Balaban J connectivity index is 1.72. The number of hydrogen-bond acceptors (Lipinski definition) is 5. The fraction of sp³-hybridized carbons (Fsp3) is 0.125. The number of anilines is 1. The number of nitrogens with zero attached hydrogens (tertiary/aromatic N) is 4. The summed E-state index contributed by atoms with van der Waals surface area (Å²) in [5, 5.41) is 14.6. The number of amides is 1. The van der Waals surface area contributed by atoms with Crippen LogP contribution in [-0.2, 0) is 4.79 Å². The molecule has 0 aliphatic heterocycles. The third kappa shape index (κ3) is 4.15. The first-order chi connectivity index (χ1) is 12.0. The lowest BCUT2D eigenvalue weighted by molar-refractivity contribution is -0.115. The third-order valence-corrected chi connectivity index (χ3v) is 4.58. The summed E-state index contributed by atoms with van der Waals surface area (Å²) >= 11 is 7.05. The number of tetrazole rings is 1. The van der Waals surface area contributed by atoms with Gasteiger partial charge in [0.05, 0.1) is 16.6 Å². The van der Waals surface area contributed by atoms with E-state index < -0.39 is 11.1 Å². The minimum atomic E-state index is -0.531. The van der Waals surface area contributed by atoms with E-state index in [0.29, 0.717) is 10.2 Å². The molecule has 1 aromatic heterocycles. The second-order valence-electron chi connectivity index (χ2n) is 5.08. The highest BCUT2D eigenvalue weighted by Gasteiger charge is 2.20. The molecular formula is C16H13ClFN5OS. The van der Waals surface area contributed by atoms with Crippen molar-refractivity contribution in [3.8, 4) is 5.69 Å². The van der Waals surface area contributed by atoms with Gasteiger partial charge in [-0.2, -0.15) is 4.68 Å². The Labute approximate surface area is 152 Å². The Kier molecular flexibility index (Phi) is 5.30. The maximum Gasteiger partial charge on any atom is 0.237 e. The molecule has 9 heteroatoms. The minimum Gasteiger partial charge on any atom is -0.323 e. The first-order valence-corrected chi connectivity index (χ1v) is 8.57. The molecule has 0 saturated heterocycles. The number of carbonyl (C=O) groups excluding carboxylic acids is 1. The van der Waals surface area contributed by atoms with E-state index >= 15 is 0 Å². The van der Waals surface area contributed by atoms with Crippen LogP contribution in [0.15, 0.2) is 53.7 Å². The number of carbonyl (C=O) groups is 1. The van der Waals surface area contributed by atoms with Gasteiger partial charge in [-0.3, -0.25) is 4.79 Å². The van der Waals surface area contributed by atoms with Gasteiger partial charge < -0.3 is 5.32 Å². The minimum absolute atomic E-state index is 0.136. The van der Waals surface area contributed by atoms with Crippen LogP contribution < -0.4 is 5.32 Å². The van der Waals surface area contributed by atoms with E-state index in [2.05, 4.69) is 20.8 Å². The molecule has 0 unspecified atom stereocenters. The molecule has 0 aliphatic carbocycles. The first-order valence-electron chi connectivity index (χ1n) is 7.31. The summed E-state index contributed by atoms with van der Waals surface area (Å²) in [5.41, 5.74) is 0.857. The predicted molar refractivity (Wildman–Crippen MR) is 94.5 cm³/mol. The van der Waals surface area contributed by atoms with E-state index in [9.17, 15) is 9.18 Å². The van der Waals surface area contributed by atoms with Crippen molar-refractivity contribution in [2.45, 2.75) is 17.3 Å². The van der Waals surface area contributed by atoms with Gasteiger partial charge in [0.2, 0.25) is 11.1 Å². The summed E-state index contributed by atoms with van der Waals surface area (Å²) in [6.45, 7) is 1.70. The molecule has 0 radical (unpaired) electrons. The van der Waals surface area contributed by atoms with Crippen LogP contribution in [-0.4, -0.2) is 31.4 Å². The van der Waals surface area contributed by atoms with Crippen LogP contribution in [0.4, 0.5) is 10.1 Å². The van der Waals surface area contributed by atoms with Gasteiger partial charge in [-0.05, 0) is 53.7 Å². The molecule has 2 aromatic carbocycles. The number of rotatable bonds is 5. The Hall–Kier alpha value is -2.45. The maximum atomic E-state index is 13.6. The molecule has 1 atom stereocenters. The molecule has 0 bridgehead atoms. The van der Waals surface area contributed by atoms with Gasteiger partial charge in [-0.15, -0.1) is 5.10 Å². The molecule has 0 spiro atoms. The Morgan fingerprint density at radius 2 is 1.96 bits per heavy atom. The van der Waals surface area contributed by atoms with Crippen molar-refractivity contribution in [3.05, 3.63) is 59.4 Å². The Bertz CT molecular complexity index is 886. The highest BCUT2D eigenvalue weighted by molar-refractivity contribution is 8.00. The molecular weight excluding hydrogens is 365 g/mol. The van der Waals surface area contributed by atoms with E-state index in [1.807, 2.05) is 0 Å². The molecule has 3 rings (SSSR count). The van der Waals surface area contributed by atoms with Crippen LogP contribution in [0.1, 0.15) is 6.92 Å². The highest BCUT2D eigenvalue weighted by Crippen LogP contribution is 2.25. The standard InChI is InChI=1S/C16H13ClFN5OS/c1-10(15(24)19-14-5-3-2-4-13(14)18)25-16-20-21-22-23(16)12-8-6-11(17)7-9-12/h2-10H,1H3,(H,19,24)/t10-/m0/s1. The zero-order chi connectivity index (χ0) is 17.8. The molecule has 1 heterocycles. The number of aromatic nitrogens is 4. The SMILES string of the molecule is C[C@H](Sc1nnnn1-c1ccc(Cl)cc1)C(=O)Nc1ccccc1F. The van der Waals surface area contributed by atoms with E-state index in [-0.39, 0.29) is 11.6 Å². The van der Waals surface area contributed by atoms with Crippen molar-refractivity contribution in [1.82, 2.24) is 20.2 Å². The zero-order valence-corrected chi connectivity index (χ0v) is 14.6. The van der Waals surface area contributed by atoms with Crippen LogP contribution >= 0.6 is 23.4 Å². The zero-order valence-electron chi connectivity index (χ0n) is 13.1. The van der Waals surface area contributed by atoms with Crippen molar-refractivity contribution < 1.29 is 9.18 Å². The summed E-state index contributed by atoms with van der Waals surface area (Å²) < 4.78 is 15.1. The van der Waals surface area contributed by atoms with Crippen LogP contribution in [0.2, 0.25) is 5.02 Å². The van der Waals surface area contributed by atoms with Gasteiger partial charge in [0.1, 0.15) is 5.82 Å². The fourth-order valence-electron chi connectivity index (χ4n) is 2.01. The maximum absolute atomic E-state index is 13.6. The second kappa shape index (κ2) is 7.62. The average Bonchev–Trinajstić information content (AvgIpc) is 3.05. The van der Waals surface area contributed by atoms with E-state index in [1.54, 1.807) is 43.3 Å². The summed E-state index contributed by atoms with van der Waals surface area (Å²) in [7, 11) is 0. The van der Waals surface area contributed by atoms with Crippen molar-refractivity contribution in [1.29, 1.82) is 0 Å². The number of hydrogen-bond donors (Lipinski definition) is 1. The lowest BCUT2D eigenvalue weighted by atomic mass is 10.3. The van der Waals surface area contributed by atoms with Crippen LogP contribution in [0, 0.1) is 5.82 Å². The average molecular weight is 378 g/mol. The molecule has 6 nitrogen and oxygen atoms in total. The quantitative estimate of drug-likeness (QED) is 0.688. The van der Waals surface area contributed by atoms with Crippen molar-refractivity contribution in [3.63, 3.8) is 0 Å². The van der Waals surface area contributed by atoms with Gasteiger partial charge in [0.25, 0.3) is 0 Å². The van der Waals surface area contributed by atoms with Crippen molar-refractivity contribution >= 4 is 35.0 Å². The van der Waals surface area contributed by atoms with E-state index in [1.165, 1.54) is 28.6 Å². The topological polar surface area (TPSA) is 72.7 Å². The molecule has 128 valence electrons. The van der Waals surface area contributed by atoms with Gasteiger partial charge in [-0.1, -0.05) is 35.5 Å². The second-order valence-corrected chi connectivity index (χ2v) is 6.82. The molecule has 0 saturated carbocycles. The molecule has 1 amide bonds. The monoisotopic (exact) mass is 377 g/mol. The number of thioether (sulfide) groups is 1. The predicted octanol–water partition coefficient (Wildman–Crippen LogP) is 3.57. The van der Waals surface area contributed by atoms with E-state index in [0.717, 1.165) is 5.69 Å². The lowest BCUT2D eigenvalue weighted by Crippen LogP contribution is -2.23. The summed E-state index contributed by atoms with van der Waals surface area (Å²) in [5.74, 6) is -0.834. The molecule has 0 fully saturated rings. The number of nitrogens with one attached hydrogen (secondary N) is 1. The van der Waals surface area contributed by atoms with Crippen LogP contribution in [0.25, 0.3) is 5.69 Å². The normalized spacial score (nSPS) is 12.0. The van der Waals surface area contributed by atoms with Gasteiger partial charge in [0.15, 0.2) is 0 Å². The first kappa shape index (κ1) is 17.4. The smallest absolute Gasteiger partial charge is 0.237 e. The number of para-hydroxylation sites is 1. The largest absolute Gasteiger partial charge is 0.323 e. The summed E-state index contributed by atoms with van der Waals surface area (Å²) in [6, 6.07) is 13.0. The van der Waals surface area contributed by atoms with Crippen LogP contribution in [0.5, 0.6) is 0 Å². The highest BCUT2D eigenvalue weighted by atomic mass is 35.5. The van der Waals surface area contributed by atoms with Gasteiger partial charge in [0, 0.05) is 5.02 Å².